The maximum atomic E-state index is 12.0. The summed E-state index contributed by atoms with van der Waals surface area (Å²) in [5, 5.41) is 9.67. The Bertz CT molecular complexity index is 631. The third-order valence-corrected chi connectivity index (χ3v) is 2.89. The lowest BCUT2D eigenvalue weighted by molar-refractivity contribution is -0.138. The Hall–Kier alpha value is -2.02. The second kappa shape index (κ2) is 6.17. The number of para-hydroxylation sites is 1. The number of carboxylic acid groups (broad SMARTS) is 1. The molecule has 1 aromatic carbocycles. The van der Waals surface area contributed by atoms with Crippen LogP contribution in [0.25, 0.3) is 11.0 Å². The van der Waals surface area contributed by atoms with Crippen LogP contribution in [-0.2, 0) is 11.3 Å². The smallest absolute Gasteiger partial charge is 0.389 e. The van der Waals surface area contributed by atoms with Crippen molar-refractivity contribution in [2.75, 3.05) is 6.61 Å². The van der Waals surface area contributed by atoms with E-state index in [0.29, 0.717) is 16.5 Å². The molecule has 7 heteroatoms. The van der Waals surface area contributed by atoms with Crippen LogP contribution in [0.5, 0.6) is 0 Å². The summed E-state index contributed by atoms with van der Waals surface area (Å²) in [6, 6.07) is 6.72. The third-order valence-electron chi connectivity index (χ3n) is 2.89. The Labute approximate surface area is 118 Å². The van der Waals surface area contributed by atoms with Gasteiger partial charge in [-0.05, 0) is 12.5 Å². The molecule has 1 heterocycles. The first-order valence-electron chi connectivity index (χ1n) is 6.26. The van der Waals surface area contributed by atoms with E-state index in [9.17, 15) is 18.0 Å². The summed E-state index contributed by atoms with van der Waals surface area (Å²) in [7, 11) is 0. The van der Waals surface area contributed by atoms with Gasteiger partial charge < -0.3 is 14.3 Å². The van der Waals surface area contributed by atoms with E-state index in [2.05, 4.69) is 0 Å². The van der Waals surface area contributed by atoms with Crippen LogP contribution in [0.1, 0.15) is 29.0 Å². The Morgan fingerprint density at radius 2 is 2.00 bits per heavy atom. The highest BCUT2D eigenvalue weighted by Crippen LogP contribution is 2.27. The Balaban J connectivity index is 2.04. The molecule has 0 aliphatic rings. The van der Waals surface area contributed by atoms with Crippen molar-refractivity contribution in [3.63, 3.8) is 0 Å². The lowest BCUT2D eigenvalue weighted by atomic mass is 10.1. The molecule has 1 aromatic heterocycles. The monoisotopic (exact) mass is 302 g/mol. The van der Waals surface area contributed by atoms with Crippen molar-refractivity contribution in [1.29, 1.82) is 0 Å². The average Bonchev–Trinajstić information content (AvgIpc) is 2.76. The normalized spacial score (nSPS) is 12.0. The molecule has 2 aromatic rings. The van der Waals surface area contributed by atoms with Crippen LogP contribution in [0.3, 0.4) is 0 Å². The average molecular weight is 302 g/mol. The molecule has 0 aliphatic carbocycles. The van der Waals surface area contributed by atoms with Crippen LogP contribution in [0, 0.1) is 0 Å². The molecule has 21 heavy (non-hydrogen) atoms. The van der Waals surface area contributed by atoms with E-state index in [1.54, 1.807) is 24.3 Å². The lowest BCUT2D eigenvalue weighted by Gasteiger charge is -2.06. The van der Waals surface area contributed by atoms with Gasteiger partial charge in [-0.1, -0.05) is 18.2 Å². The van der Waals surface area contributed by atoms with Gasteiger partial charge in [0.15, 0.2) is 0 Å². The standard InChI is InChI=1S/C14H13F3O4/c15-14(16,17)6-3-7-20-8-10-9-4-1-2-5-11(9)21-12(10)13(18)19/h1-2,4-5H,3,6-8H2,(H,18,19). The summed E-state index contributed by atoms with van der Waals surface area (Å²) in [5.74, 6) is -1.48. The molecule has 0 amide bonds. The zero-order valence-electron chi connectivity index (χ0n) is 10.9. The van der Waals surface area contributed by atoms with Crippen LogP contribution >= 0.6 is 0 Å². The highest BCUT2D eigenvalue weighted by Gasteiger charge is 2.26. The van der Waals surface area contributed by atoms with Gasteiger partial charge in [-0.3, -0.25) is 0 Å². The molecule has 4 nitrogen and oxygen atoms in total. The number of carbonyl (C=O) groups is 1. The summed E-state index contributed by atoms with van der Waals surface area (Å²) < 4.78 is 46.3. The molecular weight excluding hydrogens is 289 g/mol. The molecular formula is C14H13F3O4. The molecule has 0 saturated carbocycles. The number of hydrogen-bond acceptors (Lipinski definition) is 3. The van der Waals surface area contributed by atoms with Crippen molar-refractivity contribution >= 4 is 16.9 Å². The minimum absolute atomic E-state index is 0.0991. The lowest BCUT2D eigenvalue weighted by Crippen LogP contribution is -2.09. The van der Waals surface area contributed by atoms with Gasteiger partial charge in [0.2, 0.25) is 5.76 Å². The Kier molecular flexibility index (Phi) is 4.52. The molecule has 0 spiro atoms. The van der Waals surface area contributed by atoms with Gasteiger partial charge in [-0.2, -0.15) is 13.2 Å². The summed E-state index contributed by atoms with van der Waals surface area (Å²) in [4.78, 5) is 11.1. The number of halogens is 3. The van der Waals surface area contributed by atoms with Gasteiger partial charge >= 0.3 is 12.1 Å². The predicted octanol–water partition coefficient (Wildman–Crippen LogP) is 3.99. The highest BCUT2D eigenvalue weighted by atomic mass is 19.4. The van der Waals surface area contributed by atoms with Gasteiger partial charge in [-0.25, -0.2) is 4.79 Å². The second-order valence-corrected chi connectivity index (χ2v) is 4.48. The first-order valence-corrected chi connectivity index (χ1v) is 6.26. The zero-order chi connectivity index (χ0) is 15.5. The van der Waals surface area contributed by atoms with E-state index >= 15 is 0 Å². The van der Waals surface area contributed by atoms with Gasteiger partial charge in [-0.15, -0.1) is 0 Å². The van der Waals surface area contributed by atoms with Crippen LogP contribution in [0.4, 0.5) is 13.2 Å². The molecule has 0 unspecified atom stereocenters. The van der Waals surface area contributed by atoms with Crippen molar-refractivity contribution in [1.82, 2.24) is 0 Å². The maximum absolute atomic E-state index is 12.0. The molecule has 0 saturated heterocycles. The first-order chi connectivity index (χ1) is 9.88. The van der Waals surface area contributed by atoms with Crippen LogP contribution in [-0.4, -0.2) is 23.9 Å². The first kappa shape index (κ1) is 15.4. The fourth-order valence-corrected chi connectivity index (χ4v) is 1.96. The van der Waals surface area contributed by atoms with Gasteiger partial charge in [0.1, 0.15) is 5.58 Å². The third kappa shape index (κ3) is 3.98. The van der Waals surface area contributed by atoms with E-state index in [-0.39, 0.29) is 25.4 Å². The molecule has 114 valence electrons. The van der Waals surface area contributed by atoms with Crippen LogP contribution in [0.15, 0.2) is 28.7 Å². The maximum Gasteiger partial charge on any atom is 0.389 e. The Morgan fingerprint density at radius 3 is 2.67 bits per heavy atom. The Morgan fingerprint density at radius 1 is 1.29 bits per heavy atom. The molecule has 0 bridgehead atoms. The molecule has 0 fully saturated rings. The van der Waals surface area contributed by atoms with Gasteiger partial charge in [0.25, 0.3) is 0 Å². The van der Waals surface area contributed by atoms with E-state index in [1.165, 1.54) is 0 Å². The number of furan rings is 1. The van der Waals surface area contributed by atoms with Crippen LogP contribution in [0.2, 0.25) is 0 Å². The summed E-state index contributed by atoms with van der Waals surface area (Å²) in [6.07, 6.45) is -5.30. The SMILES string of the molecule is O=C(O)c1oc2ccccc2c1COCCCC(F)(F)F. The molecule has 0 aliphatic heterocycles. The van der Waals surface area contributed by atoms with E-state index in [0.717, 1.165) is 0 Å². The van der Waals surface area contributed by atoms with Crippen molar-refractivity contribution in [2.24, 2.45) is 0 Å². The van der Waals surface area contributed by atoms with Gasteiger partial charge in [0, 0.05) is 24.0 Å². The van der Waals surface area contributed by atoms with Crippen LogP contribution < -0.4 is 0 Å². The number of benzene rings is 1. The summed E-state index contributed by atoms with van der Waals surface area (Å²) in [6.45, 7) is -0.200. The number of hydrogen-bond donors (Lipinski definition) is 1. The number of alkyl halides is 3. The molecule has 2 rings (SSSR count). The molecule has 1 N–H and O–H groups in total. The van der Waals surface area contributed by atoms with E-state index < -0.39 is 18.6 Å². The van der Waals surface area contributed by atoms with Gasteiger partial charge in [0.05, 0.1) is 6.61 Å². The number of aromatic carboxylic acids is 1. The fourth-order valence-electron chi connectivity index (χ4n) is 1.96. The number of rotatable bonds is 6. The minimum Gasteiger partial charge on any atom is -0.475 e. The number of carboxylic acids is 1. The van der Waals surface area contributed by atoms with Crippen molar-refractivity contribution < 1.29 is 32.2 Å². The summed E-state index contributed by atoms with van der Waals surface area (Å²) in [5.41, 5.74) is 0.744. The molecule has 0 atom stereocenters. The molecule has 0 radical (unpaired) electrons. The van der Waals surface area contributed by atoms with Crippen molar-refractivity contribution in [2.45, 2.75) is 25.6 Å². The van der Waals surface area contributed by atoms with Crippen molar-refractivity contribution in [3.05, 3.63) is 35.6 Å². The second-order valence-electron chi connectivity index (χ2n) is 4.48. The van der Waals surface area contributed by atoms with Crippen molar-refractivity contribution in [3.8, 4) is 0 Å². The largest absolute Gasteiger partial charge is 0.475 e. The van der Waals surface area contributed by atoms with E-state index in [4.69, 9.17) is 14.3 Å². The zero-order valence-corrected chi connectivity index (χ0v) is 10.9. The number of ether oxygens (including phenoxy) is 1. The predicted molar refractivity (Wildman–Crippen MR) is 68.1 cm³/mol. The van der Waals surface area contributed by atoms with E-state index in [1.807, 2.05) is 0 Å². The quantitative estimate of drug-likeness (QED) is 0.820. The summed E-state index contributed by atoms with van der Waals surface area (Å²) >= 11 is 0. The number of fused-ring (bicyclic) bond motifs is 1. The minimum atomic E-state index is -4.21. The topological polar surface area (TPSA) is 59.7 Å². The highest BCUT2D eigenvalue weighted by molar-refractivity contribution is 5.94. The fraction of sp³-hybridized carbons (Fsp3) is 0.357.